The molecule has 0 spiro atoms. The third-order valence-corrected chi connectivity index (χ3v) is 4.41. The summed E-state index contributed by atoms with van der Waals surface area (Å²) in [5.41, 5.74) is 1.25. The molecule has 2 heterocycles. The number of benzene rings is 1. The average molecular weight is 383 g/mol. The summed E-state index contributed by atoms with van der Waals surface area (Å²) in [6.45, 7) is 0.671. The molecule has 0 saturated carbocycles. The van der Waals surface area contributed by atoms with E-state index in [4.69, 9.17) is 23.2 Å². The van der Waals surface area contributed by atoms with Gasteiger partial charge in [0.05, 0.1) is 12.6 Å². The summed E-state index contributed by atoms with van der Waals surface area (Å²) in [4.78, 5) is 24.1. The fraction of sp³-hybridized carbons (Fsp3) is 0.312. The maximum atomic E-state index is 12.2. The van der Waals surface area contributed by atoms with Crippen LogP contribution in [0.2, 0.25) is 10.0 Å². The summed E-state index contributed by atoms with van der Waals surface area (Å²) >= 11 is 11.9. The van der Waals surface area contributed by atoms with Gasteiger partial charge in [0, 0.05) is 29.2 Å². The van der Waals surface area contributed by atoms with Crippen LogP contribution in [0, 0.1) is 0 Å². The number of amides is 2. The molecular weight excluding hydrogens is 367 g/mol. The van der Waals surface area contributed by atoms with Gasteiger partial charge < -0.3 is 15.7 Å². The number of hydrogen-bond donors (Lipinski definition) is 3. The van der Waals surface area contributed by atoms with E-state index in [-0.39, 0.29) is 30.4 Å². The molecule has 9 heteroatoms. The molecule has 0 fully saturated rings. The molecule has 1 aromatic heterocycles. The maximum Gasteiger partial charge on any atom is 0.271 e. The Balaban J connectivity index is 1.63. The van der Waals surface area contributed by atoms with Gasteiger partial charge in [-0.2, -0.15) is 5.10 Å². The number of rotatable bonds is 4. The summed E-state index contributed by atoms with van der Waals surface area (Å²) in [6, 6.07) is 6.61. The second-order valence-corrected chi connectivity index (χ2v) is 6.55. The predicted octanol–water partition coefficient (Wildman–Crippen LogP) is 1.27. The summed E-state index contributed by atoms with van der Waals surface area (Å²) in [7, 11) is 0. The predicted molar refractivity (Wildman–Crippen MR) is 93.1 cm³/mol. The highest BCUT2D eigenvalue weighted by Gasteiger charge is 2.24. The van der Waals surface area contributed by atoms with Crippen molar-refractivity contribution < 1.29 is 14.7 Å². The standard InChI is InChI=1S/C16H16Cl2N4O3/c17-10-2-1-9(12(18)5-10)3-4-19-15(24)13-6-14-16(25)20-7-11(23)8-22(14)21-13/h1-2,5-6,11,23H,3-4,7-8H2,(H,19,24)(H,20,25)/t11-/m1/s1. The van der Waals surface area contributed by atoms with E-state index in [1.807, 2.05) is 0 Å². The van der Waals surface area contributed by atoms with E-state index in [1.165, 1.54) is 10.7 Å². The third-order valence-electron chi connectivity index (χ3n) is 3.82. The zero-order chi connectivity index (χ0) is 18.0. The van der Waals surface area contributed by atoms with Gasteiger partial charge in [0.1, 0.15) is 5.69 Å². The van der Waals surface area contributed by atoms with Gasteiger partial charge in [-0.15, -0.1) is 0 Å². The maximum absolute atomic E-state index is 12.2. The van der Waals surface area contributed by atoms with E-state index in [0.717, 1.165) is 5.56 Å². The highest BCUT2D eigenvalue weighted by molar-refractivity contribution is 6.35. The molecule has 0 unspecified atom stereocenters. The van der Waals surface area contributed by atoms with Crippen LogP contribution in [0.4, 0.5) is 0 Å². The normalized spacial score (nSPS) is 16.8. The number of β-amino-alcohol motifs (C(OH)–C–C–N with tert-alkyl or cyclic N) is 1. The number of fused-ring (bicyclic) bond motifs is 1. The van der Waals surface area contributed by atoms with Gasteiger partial charge >= 0.3 is 0 Å². The van der Waals surface area contributed by atoms with Crippen LogP contribution in [0.5, 0.6) is 0 Å². The second-order valence-electron chi connectivity index (χ2n) is 5.70. The van der Waals surface area contributed by atoms with Crippen LogP contribution >= 0.6 is 23.2 Å². The third kappa shape index (κ3) is 4.12. The van der Waals surface area contributed by atoms with Crippen LogP contribution < -0.4 is 10.6 Å². The zero-order valence-corrected chi connectivity index (χ0v) is 14.6. The van der Waals surface area contributed by atoms with Crippen molar-refractivity contribution in [2.24, 2.45) is 0 Å². The van der Waals surface area contributed by atoms with Gasteiger partial charge in [0.25, 0.3) is 11.8 Å². The fourth-order valence-corrected chi connectivity index (χ4v) is 3.04. The first-order valence-corrected chi connectivity index (χ1v) is 8.46. The van der Waals surface area contributed by atoms with Crippen molar-refractivity contribution in [2.75, 3.05) is 13.1 Å². The quantitative estimate of drug-likeness (QED) is 0.741. The molecule has 132 valence electrons. The molecule has 2 amide bonds. The van der Waals surface area contributed by atoms with Crippen LogP contribution in [0.15, 0.2) is 24.3 Å². The molecule has 1 aromatic carbocycles. The number of aromatic nitrogens is 2. The number of halogens is 2. The van der Waals surface area contributed by atoms with Crippen molar-refractivity contribution >= 4 is 35.0 Å². The number of aliphatic hydroxyl groups excluding tert-OH is 1. The molecule has 25 heavy (non-hydrogen) atoms. The number of hydrogen-bond acceptors (Lipinski definition) is 4. The van der Waals surface area contributed by atoms with Crippen molar-refractivity contribution in [1.29, 1.82) is 0 Å². The van der Waals surface area contributed by atoms with E-state index in [1.54, 1.807) is 18.2 Å². The van der Waals surface area contributed by atoms with Crippen LogP contribution in [-0.4, -0.2) is 45.9 Å². The van der Waals surface area contributed by atoms with Gasteiger partial charge in [-0.05, 0) is 24.1 Å². The van der Waals surface area contributed by atoms with E-state index in [0.29, 0.717) is 23.0 Å². The van der Waals surface area contributed by atoms with Gasteiger partial charge in [-0.25, -0.2) is 0 Å². The second kappa shape index (κ2) is 7.43. The zero-order valence-electron chi connectivity index (χ0n) is 13.1. The Morgan fingerprint density at radius 1 is 1.40 bits per heavy atom. The van der Waals surface area contributed by atoms with Crippen molar-refractivity contribution in [3.05, 3.63) is 51.3 Å². The summed E-state index contributed by atoms with van der Waals surface area (Å²) in [5.74, 6) is -0.760. The van der Waals surface area contributed by atoms with Crippen LogP contribution in [0.3, 0.4) is 0 Å². The SMILES string of the molecule is O=C(NCCc1ccc(Cl)cc1Cl)c1cc2n(n1)C[C@H](O)CNC2=O. The van der Waals surface area contributed by atoms with Crippen LogP contribution in [0.1, 0.15) is 26.5 Å². The molecule has 0 radical (unpaired) electrons. The van der Waals surface area contributed by atoms with Gasteiger partial charge in [0.15, 0.2) is 5.69 Å². The molecule has 0 bridgehead atoms. The van der Waals surface area contributed by atoms with E-state index >= 15 is 0 Å². The Labute approximate surface area is 153 Å². The Morgan fingerprint density at radius 3 is 2.96 bits per heavy atom. The minimum absolute atomic E-state index is 0.126. The Hall–Kier alpha value is -2.09. The summed E-state index contributed by atoms with van der Waals surface area (Å²) < 4.78 is 1.35. The first kappa shape index (κ1) is 17.7. The highest BCUT2D eigenvalue weighted by Crippen LogP contribution is 2.21. The van der Waals surface area contributed by atoms with E-state index < -0.39 is 12.0 Å². The van der Waals surface area contributed by atoms with Gasteiger partial charge in [-0.3, -0.25) is 14.3 Å². The minimum Gasteiger partial charge on any atom is -0.389 e. The Morgan fingerprint density at radius 2 is 2.20 bits per heavy atom. The van der Waals surface area contributed by atoms with Crippen molar-refractivity contribution in [3.63, 3.8) is 0 Å². The Bertz CT molecular complexity index is 822. The number of carbonyl (C=O) groups is 2. The molecular formula is C16H16Cl2N4O3. The number of nitrogens with zero attached hydrogens (tertiary/aromatic N) is 2. The van der Waals surface area contributed by atoms with Crippen molar-refractivity contribution in [1.82, 2.24) is 20.4 Å². The molecule has 2 aromatic rings. The Kier molecular flexibility index (Phi) is 5.27. The van der Waals surface area contributed by atoms with Crippen LogP contribution in [0.25, 0.3) is 0 Å². The number of aliphatic hydroxyl groups is 1. The van der Waals surface area contributed by atoms with Crippen molar-refractivity contribution in [3.8, 4) is 0 Å². The van der Waals surface area contributed by atoms with Crippen LogP contribution in [-0.2, 0) is 13.0 Å². The number of carbonyl (C=O) groups excluding carboxylic acids is 2. The molecule has 1 aliphatic rings. The lowest BCUT2D eigenvalue weighted by molar-refractivity contribution is 0.0931. The lowest BCUT2D eigenvalue weighted by atomic mass is 10.1. The smallest absolute Gasteiger partial charge is 0.271 e. The average Bonchev–Trinajstić information content (AvgIpc) is 2.93. The van der Waals surface area contributed by atoms with E-state index in [2.05, 4.69) is 15.7 Å². The van der Waals surface area contributed by atoms with Gasteiger partial charge in [0.2, 0.25) is 0 Å². The lowest BCUT2D eigenvalue weighted by Crippen LogP contribution is -2.30. The van der Waals surface area contributed by atoms with Crippen molar-refractivity contribution in [2.45, 2.75) is 19.1 Å². The first-order chi connectivity index (χ1) is 11.9. The van der Waals surface area contributed by atoms with E-state index in [9.17, 15) is 14.7 Å². The topological polar surface area (TPSA) is 96.2 Å². The minimum atomic E-state index is -0.743. The largest absolute Gasteiger partial charge is 0.389 e. The lowest BCUT2D eigenvalue weighted by Gasteiger charge is -2.07. The van der Waals surface area contributed by atoms with Gasteiger partial charge in [-0.1, -0.05) is 29.3 Å². The number of nitrogens with one attached hydrogen (secondary N) is 2. The molecule has 1 aliphatic heterocycles. The summed E-state index contributed by atoms with van der Waals surface area (Å²) in [6.07, 6.45) is -0.206. The molecule has 7 nitrogen and oxygen atoms in total. The molecule has 0 saturated heterocycles. The molecule has 3 N–H and O–H groups in total. The fourth-order valence-electron chi connectivity index (χ4n) is 2.54. The summed E-state index contributed by atoms with van der Waals surface area (Å²) in [5, 5.41) is 20.2. The first-order valence-electron chi connectivity index (χ1n) is 7.70. The molecule has 3 rings (SSSR count). The highest BCUT2D eigenvalue weighted by atomic mass is 35.5. The monoisotopic (exact) mass is 382 g/mol. The molecule has 1 atom stereocenters. The molecule has 0 aliphatic carbocycles.